The van der Waals surface area contributed by atoms with Crippen LogP contribution in [0, 0.1) is 12.8 Å². The van der Waals surface area contributed by atoms with E-state index in [-0.39, 0.29) is 24.3 Å². The van der Waals surface area contributed by atoms with E-state index < -0.39 is 37.4 Å². The minimum Gasteiger partial charge on any atom is -0.393 e. The third kappa shape index (κ3) is 7.16. The lowest BCUT2D eigenvalue weighted by molar-refractivity contribution is 0.114. The SMILES string of the molecule is C=CC[C@H](C[C@H](O)CCOS(=O)(=O)c1ccc(C)cc1)[C@@H](C)S(N)(=O)=O. The molecule has 3 N–H and O–H groups in total. The number of nitrogens with two attached hydrogens (primary N) is 1. The molecule has 0 bridgehead atoms. The smallest absolute Gasteiger partial charge is 0.296 e. The highest BCUT2D eigenvalue weighted by Crippen LogP contribution is 2.22. The fraction of sp³-hybridized carbons (Fsp3) is 0.529. The third-order valence-corrected chi connectivity index (χ3v) is 6.97. The van der Waals surface area contributed by atoms with Crippen molar-refractivity contribution < 1.29 is 26.1 Å². The Hall–Kier alpha value is -1.26. The van der Waals surface area contributed by atoms with E-state index in [1.807, 2.05) is 6.92 Å². The van der Waals surface area contributed by atoms with Gasteiger partial charge in [-0.05, 0) is 51.2 Å². The van der Waals surface area contributed by atoms with E-state index in [0.29, 0.717) is 6.42 Å². The van der Waals surface area contributed by atoms with Crippen LogP contribution in [0.15, 0.2) is 41.8 Å². The largest absolute Gasteiger partial charge is 0.393 e. The molecule has 0 aliphatic heterocycles. The van der Waals surface area contributed by atoms with Crippen molar-refractivity contribution in [3.63, 3.8) is 0 Å². The first kappa shape index (κ1) is 22.8. The van der Waals surface area contributed by atoms with Gasteiger partial charge in [0.15, 0.2) is 0 Å². The number of sulfonamides is 1. The zero-order valence-corrected chi connectivity index (χ0v) is 16.7. The Balaban J connectivity index is 2.60. The van der Waals surface area contributed by atoms with Crippen LogP contribution < -0.4 is 5.14 Å². The zero-order valence-electron chi connectivity index (χ0n) is 15.0. The molecule has 26 heavy (non-hydrogen) atoms. The monoisotopic (exact) mass is 405 g/mol. The van der Waals surface area contributed by atoms with Gasteiger partial charge in [0.1, 0.15) is 0 Å². The van der Waals surface area contributed by atoms with Crippen LogP contribution >= 0.6 is 0 Å². The van der Waals surface area contributed by atoms with Crippen molar-refractivity contribution in [3.8, 4) is 0 Å². The van der Waals surface area contributed by atoms with Crippen molar-refractivity contribution >= 4 is 20.1 Å². The Morgan fingerprint density at radius 2 is 1.81 bits per heavy atom. The second-order valence-corrected chi connectivity index (χ2v) is 9.88. The van der Waals surface area contributed by atoms with E-state index in [9.17, 15) is 21.9 Å². The summed E-state index contributed by atoms with van der Waals surface area (Å²) >= 11 is 0. The lowest BCUT2D eigenvalue weighted by Gasteiger charge is -2.23. The average Bonchev–Trinajstić information content (AvgIpc) is 2.53. The summed E-state index contributed by atoms with van der Waals surface area (Å²) < 4.78 is 52.1. The van der Waals surface area contributed by atoms with Gasteiger partial charge in [-0.15, -0.1) is 6.58 Å². The Bertz CT molecular complexity index is 787. The molecule has 0 unspecified atom stereocenters. The summed E-state index contributed by atoms with van der Waals surface area (Å²) in [6, 6.07) is 6.24. The van der Waals surface area contributed by atoms with Gasteiger partial charge in [0.05, 0.1) is 22.9 Å². The number of aliphatic hydroxyl groups excluding tert-OH is 1. The molecule has 0 aliphatic rings. The summed E-state index contributed by atoms with van der Waals surface area (Å²) in [5.74, 6) is -0.411. The maximum atomic E-state index is 12.1. The average molecular weight is 406 g/mol. The maximum Gasteiger partial charge on any atom is 0.296 e. The Kier molecular flexibility index (Phi) is 8.42. The summed E-state index contributed by atoms with van der Waals surface area (Å²) in [5.41, 5.74) is 0.927. The molecule has 3 atom stereocenters. The Morgan fingerprint density at radius 3 is 2.31 bits per heavy atom. The summed E-state index contributed by atoms with van der Waals surface area (Å²) in [7, 11) is -7.63. The van der Waals surface area contributed by atoms with Crippen molar-refractivity contribution in [2.75, 3.05) is 6.61 Å². The number of hydrogen-bond donors (Lipinski definition) is 2. The molecule has 0 amide bonds. The lowest BCUT2D eigenvalue weighted by Crippen LogP contribution is -2.34. The number of benzene rings is 1. The molecule has 9 heteroatoms. The predicted octanol–water partition coefficient (Wildman–Crippen LogP) is 1.71. The van der Waals surface area contributed by atoms with Crippen molar-refractivity contribution in [2.24, 2.45) is 11.1 Å². The summed E-state index contributed by atoms with van der Waals surface area (Å²) in [6.45, 7) is 6.70. The zero-order chi connectivity index (χ0) is 20.0. The van der Waals surface area contributed by atoms with Gasteiger partial charge in [-0.2, -0.15) is 8.42 Å². The van der Waals surface area contributed by atoms with Gasteiger partial charge in [0.25, 0.3) is 10.1 Å². The highest BCUT2D eigenvalue weighted by atomic mass is 32.2. The molecule has 7 nitrogen and oxygen atoms in total. The number of primary sulfonamides is 1. The number of rotatable bonds is 11. The quantitative estimate of drug-likeness (QED) is 0.427. The molecule has 1 aromatic carbocycles. The molecule has 0 saturated heterocycles. The molecule has 0 spiro atoms. The molecule has 0 radical (unpaired) electrons. The first-order valence-corrected chi connectivity index (χ1v) is 11.3. The van der Waals surface area contributed by atoms with Crippen LogP contribution in [0.1, 0.15) is 31.7 Å². The number of hydrogen-bond acceptors (Lipinski definition) is 6. The van der Waals surface area contributed by atoms with Crippen LogP contribution in [-0.2, 0) is 24.3 Å². The van der Waals surface area contributed by atoms with Crippen molar-refractivity contribution in [1.29, 1.82) is 0 Å². The second kappa shape index (κ2) is 9.61. The molecule has 0 heterocycles. The van der Waals surface area contributed by atoms with Gasteiger partial charge < -0.3 is 5.11 Å². The van der Waals surface area contributed by atoms with Crippen LogP contribution in [0.2, 0.25) is 0 Å². The molecule has 0 aliphatic carbocycles. The number of aliphatic hydroxyl groups is 1. The molecule has 148 valence electrons. The summed E-state index contributed by atoms with van der Waals surface area (Å²) in [6.07, 6.45) is 1.22. The van der Waals surface area contributed by atoms with Gasteiger partial charge in [-0.25, -0.2) is 13.6 Å². The van der Waals surface area contributed by atoms with Crippen LogP contribution in [0.3, 0.4) is 0 Å². The topological polar surface area (TPSA) is 124 Å². The molecule has 0 fully saturated rings. The molecule has 1 aromatic rings. The van der Waals surface area contributed by atoms with Crippen LogP contribution in [-0.4, -0.2) is 39.9 Å². The molecule has 0 saturated carbocycles. The molecule has 0 aromatic heterocycles. The fourth-order valence-corrected chi connectivity index (χ4v) is 4.18. The van der Waals surface area contributed by atoms with E-state index in [4.69, 9.17) is 9.32 Å². The van der Waals surface area contributed by atoms with Crippen LogP contribution in [0.25, 0.3) is 0 Å². The Labute approximate surface area is 156 Å². The maximum absolute atomic E-state index is 12.1. The summed E-state index contributed by atoms with van der Waals surface area (Å²) in [4.78, 5) is 0.0463. The molecular weight excluding hydrogens is 378 g/mol. The van der Waals surface area contributed by atoms with Gasteiger partial charge in [-0.1, -0.05) is 23.8 Å². The van der Waals surface area contributed by atoms with E-state index >= 15 is 0 Å². The van der Waals surface area contributed by atoms with Crippen molar-refractivity contribution in [3.05, 3.63) is 42.5 Å². The number of aryl methyl sites for hydroxylation is 1. The van der Waals surface area contributed by atoms with Crippen LogP contribution in [0.5, 0.6) is 0 Å². The fourth-order valence-electron chi connectivity index (χ4n) is 2.50. The van der Waals surface area contributed by atoms with Gasteiger partial charge in [0.2, 0.25) is 10.0 Å². The minimum atomic E-state index is -3.89. The van der Waals surface area contributed by atoms with Crippen molar-refractivity contribution in [2.45, 2.75) is 49.4 Å². The highest BCUT2D eigenvalue weighted by molar-refractivity contribution is 7.89. The van der Waals surface area contributed by atoms with E-state index in [2.05, 4.69) is 6.58 Å². The van der Waals surface area contributed by atoms with E-state index in [1.165, 1.54) is 19.1 Å². The molecular formula is C17H27NO6S2. The Morgan fingerprint density at radius 1 is 1.23 bits per heavy atom. The standard InChI is InChI=1S/C17H27NO6S2/c1-4-5-15(14(3)25(18,20)21)12-16(19)10-11-24-26(22,23)17-8-6-13(2)7-9-17/h4,6-9,14-16,19H,1,5,10-12H2,2-3H3,(H2,18,20,21)/t14-,15-,16-/m1/s1. The number of allylic oxidation sites excluding steroid dienone is 1. The highest BCUT2D eigenvalue weighted by Gasteiger charge is 2.27. The van der Waals surface area contributed by atoms with Gasteiger partial charge in [-0.3, -0.25) is 4.18 Å². The van der Waals surface area contributed by atoms with Crippen molar-refractivity contribution in [1.82, 2.24) is 0 Å². The third-order valence-electron chi connectivity index (χ3n) is 4.23. The normalized spacial score (nSPS) is 16.0. The molecule has 1 rings (SSSR count). The lowest BCUT2D eigenvalue weighted by atomic mass is 9.94. The van der Waals surface area contributed by atoms with Crippen LogP contribution in [0.4, 0.5) is 0 Å². The van der Waals surface area contributed by atoms with E-state index in [1.54, 1.807) is 18.2 Å². The minimum absolute atomic E-state index is 0.0463. The first-order valence-electron chi connectivity index (χ1n) is 8.24. The summed E-state index contributed by atoms with van der Waals surface area (Å²) in [5, 5.41) is 14.4. The van der Waals surface area contributed by atoms with Gasteiger partial charge in [0, 0.05) is 0 Å². The second-order valence-electron chi connectivity index (χ2n) is 6.35. The van der Waals surface area contributed by atoms with E-state index in [0.717, 1.165) is 5.56 Å². The first-order chi connectivity index (χ1) is 12.0. The predicted molar refractivity (Wildman–Crippen MR) is 100 cm³/mol. The van der Waals surface area contributed by atoms with Gasteiger partial charge >= 0.3 is 0 Å².